The summed E-state index contributed by atoms with van der Waals surface area (Å²) in [6, 6.07) is 22.1. The van der Waals surface area contributed by atoms with Gasteiger partial charge >= 0.3 is 11.9 Å². The van der Waals surface area contributed by atoms with E-state index in [0.717, 1.165) is 44.8 Å². The highest BCUT2D eigenvalue weighted by Gasteiger charge is 2.23. The van der Waals surface area contributed by atoms with Gasteiger partial charge in [0.15, 0.2) is 0 Å². The fourth-order valence-corrected chi connectivity index (χ4v) is 5.99. The molecule has 0 saturated heterocycles. The van der Waals surface area contributed by atoms with Crippen molar-refractivity contribution in [2.45, 2.75) is 66.6 Å². The quantitative estimate of drug-likeness (QED) is 0.108. The minimum atomic E-state index is -0.440. The van der Waals surface area contributed by atoms with E-state index in [-0.39, 0.29) is 24.7 Å². The molecule has 0 radical (unpaired) electrons. The summed E-state index contributed by atoms with van der Waals surface area (Å²) in [6.45, 7) is 8.15. The van der Waals surface area contributed by atoms with Gasteiger partial charge in [-0.15, -0.1) is 0 Å². The SMILES string of the molecule is CCc1c(Cc2cc(Cc3[nH]c(C(=O)OCc4ccccc4)c(C)c3CC)c(O)cc2O)[nH]c(C(=O)OCc2ccccc2)c1C. The Bertz CT molecular complexity index is 1710. The number of phenols is 2. The van der Waals surface area contributed by atoms with Crippen molar-refractivity contribution >= 4 is 11.9 Å². The van der Waals surface area contributed by atoms with E-state index in [1.54, 1.807) is 6.07 Å². The van der Waals surface area contributed by atoms with Gasteiger partial charge in [-0.3, -0.25) is 0 Å². The maximum Gasteiger partial charge on any atom is 0.355 e. The molecule has 2 aromatic heterocycles. The van der Waals surface area contributed by atoms with E-state index in [2.05, 4.69) is 9.97 Å². The first-order valence-corrected chi connectivity index (χ1v) is 15.6. The first kappa shape index (κ1) is 32.2. The number of phenolic OH excluding ortho intramolecular Hbond substituents is 2. The van der Waals surface area contributed by atoms with Crippen molar-refractivity contribution < 1.29 is 29.3 Å². The number of benzene rings is 3. The highest BCUT2D eigenvalue weighted by atomic mass is 16.5. The summed E-state index contributed by atoms with van der Waals surface area (Å²) >= 11 is 0. The fourth-order valence-electron chi connectivity index (χ4n) is 5.99. The molecule has 2 heterocycles. The number of ether oxygens (including phenoxy) is 2. The minimum Gasteiger partial charge on any atom is -0.508 e. The van der Waals surface area contributed by atoms with Crippen molar-refractivity contribution in [2.24, 2.45) is 0 Å². The fraction of sp³-hybridized carbons (Fsp3) is 0.263. The molecule has 0 fully saturated rings. The zero-order chi connectivity index (χ0) is 32.8. The van der Waals surface area contributed by atoms with Crippen molar-refractivity contribution in [3.63, 3.8) is 0 Å². The minimum absolute atomic E-state index is 0.0488. The van der Waals surface area contributed by atoms with Crippen LogP contribution < -0.4 is 0 Å². The van der Waals surface area contributed by atoms with Gasteiger partial charge in [0.2, 0.25) is 0 Å². The highest BCUT2D eigenvalue weighted by molar-refractivity contribution is 5.90. The molecule has 0 aliphatic carbocycles. The van der Waals surface area contributed by atoms with Gasteiger partial charge in [0, 0.05) is 41.4 Å². The van der Waals surface area contributed by atoms with Gasteiger partial charge in [0.05, 0.1) is 0 Å². The Kier molecular flexibility index (Phi) is 9.96. The Balaban J connectivity index is 1.36. The molecule has 4 N–H and O–H groups in total. The Hall–Kier alpha value is -5.24. The first-order chi connectivity index (χ1) is 22.2. The Morgan fingerprint density at radius 3 is 1.39 bits per heavy atom. The van der Waals surface area contributed by atoms with Gasteiger partial charge < -0.3 is 29.7 Å². The van der Waals surface area contributed by atoms with Crippen LogP contribution in [0.5, 0.6) is 11.5 Å². The molecule has 8 nitrogen and oxygen atoms in total. The lowest BCUT2D eigenvalue weighted by molar-refractivity contribution is 0.0457. The number of carbonyl (C=O) groups is 2. The molecular weight excluding hydrogens is 580 g/mol. The summed E-state index contributed by atoms with van der Waals surface area (Å²) in [5.41, 5.74) is 8.96. The van der Waals surface area contributed by atoms with Crippen LogP contribution in [-0.4, -0.2) is 32.1 Å². The zero-order valence-electron chi connectivity index (χ0n) is 26.7. The number of aromatic hydroxyl groups is 2. The lowest BCUT2D eigenvalue weighted by atomic mass is 9.97. The third-order valence-electron chi connectivity index (χ3n) is 8.49. The van der Waals surface area contributed by atoms with Gasteiger partial charge in [0.25, 0.3) is 0 Å². The second kappa shape index (κ2) is 14.2. The number of carbonyl (C=O) groups excluding carboxylic acids is 2. The van der Waals surface area contributed by atoms with Crippen LogP contribution in [0.25, 0.3) is 0 Å². The molecule has 8 heteroatoms. The molecule has 0 spiro atoms. The molecule has 238 valence electrons. The van der Waals surface area contributed by atoms with Crippen LogP contribution in [-0.2, 0) is 48.4 Å². The molecule has 0 bridgehead atoms. The van der Waals surface area contributed by atoms with Crippen molar-refractivity contribution in [1.29, 1.82) is 0 Å². The molecule has 0 saturated carbocycles. The van der Waals surface area contributed by atoms with Crippen molar-refractivity contribution in [1.82, 2.24) is 9.97 Å². The zero-order valence-corrected chi connectivity index (χ0v) is 26.7. The average Bonchev–Trinajstić information content (AvgIpc) is 3.56. The standard InChI is InChI=1S/C38H40N2O6/c1-5-29-23(3)35(37(43)45-21-25-13-9-7-10-14-25)39-31(29)18-27-17-28(34(42)20-33(27)41)19-32-30(6-2)24(4)36(40-32)38(44)46-22-26-15-11-8-12-16-26/h7-17,20,39-42H,5-6,18-19,21-22H2,1-4H3. The van der Waals surface area contributed by atoms with Gasteiger partial charge in [-0.2, -0.15) is 0 Å². The number of rotatable bonds is 12. The van der Waals surface area contributed by atoms with Crippen molar-refractivity contribution in [2.75, 3.05) is 0 Å². The van der Waals surface area contributed by atoms with Crippen LogP contribution in [0.1, 0.15) is 90.7 Å². The second-order valence-electron chi connectivity index (χ2n) is 11.5. The molecular formula is C38H40N2O6. The number of hydrogen-bond acceptors (Lipinski definition) is 6. The van der Waals surface area contributed by atoms with E-state index in [4.69, 9.17) is 9.47 Å². The smallest absolute Gasteiger partial charge is 0.355 e. The van der Waals surface area contributed by atoms with E-state index in [1.165, 1.54) is 6.07 Å². The number of aromatic amines is 2. The van der Waals surface area contributed by atoms with Gasteiger partial charge in [0.1, 0.15) is 36.1 Å². The molecule has 46 heavy (non-hydrogen) atoms. The largest absolute Gasteiger partial charge is 0.508 e. The number of hydrogen-bond donors (Lipinski definition) is 4. The molecule has 5 rings (SSSR count). The van der Waals surface area contributed by atoms with Crippen molar-refractivity contribution in [3.05, 3.63) is 140 Å². The molecule has 0 atom stereocenters. The summed E-state index contributed by atoms with van der Waals surface area (Å²) in [4.78, 5) is 32.6. The van der Waals surface area contributed by atoms with Crippen LogP contribution in [0.3, 0.4) is 0 Å². The first-order valence-electron chi connectivity index (χ1n) is 15.6. The monoisotopic (exact) mass is 620 g/mol. The molecule has 0 unspecified atom stereocenters. The molecule has 3 aromatic carbocycles. The third-order valence-corrected chi connectivity index (χ3v) is 8.49. The summed E-state index contributed by atoms with van der Waals surface area (Å²) in [5, 5.41) is 21.7. The maximum atomic E-state index is 13.0. The van der Waals surface area contributed by atoms with Crippen molar-refractivity contribution in [3.8, 4) is 11.5 Å². The van der Waals surface area contributed by atoms with Crippen LogP contribution in [0.2, 0.25) is 0 Å². The topological polar surface area (TPSA) is 125 Å². The van der Waals surface area contributed by atoms with Crippen LogP contribution in [0, 0.1) is 13.8 Å². The number of esters is 2. The molecule has 5 aromatic rings. The number of aromatic nitrogens is 2. The van der Waals surface area contributed by atoms with Crippen LogP contribution in [0.15, 0.2) is 72.8 Å². The van der Waals surface area contributed by atoms with E-state index in [0.29, 0.717) is 48.2 Å². The van der Waals surface area contributed by atoms with E-state index < -0.39 is 11.9 Å². The normalized spacial score (nSPS) is 11.0. The average molecular weight is 621 g/mol. The molecule has 0 aliphatic heterocycles. The highest BCUT2D eigenvalue weighted by Crippen LogP contribution is 2.33. The molecule has 0 amide bonds. The molecule has 0 aliphatic rings. The van der Waals surface area contributed by atoms with Gasteiger partial charge in [-0.05, 0) is 66.1 Å². The second-order valence-corrected chi connectivity index (χ2v) is 11.5. The Morgan fingerprint density at radius 2 is 1.02 bits per heavy atom. The van der Waals surface area contributed by atoms with Crippen LogP contribution >= 0.6 is 0 Å². The van der Waals surface area contributed by atoms with Gasteiger partial charge in [-0.25, -0.2) is 9.59 Å². The van der Waals surface area contributed by atoms with Crippen LogP contribution in [0.4, 0.5) is 0 Å². The number of H-pyrrole nitrogens is 2. The van der Waals surface area contributed by atoms with Gasteiger partial charge in [-0.1, -0.05) is 74.5 Å². The van der Waals surface area contributed by atoms with E-state index in [1.807, 2.05) is 88.4 Å². The predicted octanol–water partition coefficient (Wildman–Crippen LogP) is 7.39. The summed E-state index contributed by atoms with van der Waals surface area (Å²) < 4.78 is 11.2. The summed E-state index contributed by atoms with van der Waals surface area (Å²) in [5.74, 6) is -0.977. The predicted molar refractivity (Wildman–Crippen MR) is 176 cm³/mol. The Labute approximate surface area is 269 Å². The summed E-state index contributed by atoms with van der Waals surface area (Å²) in [6.07, 6.45) is 1.99. The lowest BCUT2D eigenvalue weighted by Gasteiger charge is -2.12. The van der Waals surface area contributed by atoms with E-state index >= 15 is 0 Å². The lowest BCUT2D eigenvalue weighted by Crippen LogP contribution is -2.07. The number of nitrogens with one attached hydrogen (secondary N) is 2. The van der Waals surface area contributed by atoms with E-state index in [9.17, 15) is 19.8 Å². The third kappa shape index (κ3) is 7.01. The summed E-state index contributed by atoms with van der Waals surface area (Å²) in [7, 11) is 0. The Morgan fingerprint density at radius 1 is 0.630 bits per heavy atom. The maximum absolute atomic E-state index is 13.0.